The average molecular weight is 421 g/mol. The molecule has 156 valence electrons. The van der Waals surface area contributed by atoms with Gasteiger partial charge in [0.25, 0.3) is 0 Å². The van der Waals surface area contributed by atoms with E-state index in [2.05, 4.69) is 19.1 Å². The zero-order valence-electron chi connectivity index (χ0n) is 15.9. The molecule has 2 aromatic heterocycles. The molecule has 0 aliphatic carbocycles. The van der Waals surface area contributed by atoms with Crippen LogP contribution in [0.5, 0.6) is 5.88 Å². The third kappa shape index (κ3) is 5.70. The van der Waals surface area contributed by atoms with Crippen molar-refractivity contribution in [2.45, 2.75) is 26.0 Å². The Morgan fingerprint density at radius 2 is 1.93 bits per heavy atom. The van der Waals surface area contributed by atoms with Gasteiger partial charge >= 0.3 is 10.3 Å². The summed E-state index contributed by atoms with van der Waals surface area (Å²) in [7, 11) is -4.07. The number of rotatable bonds is 10. The summed E-state index contributed by atoms with van der Waals surface area (Å²) in [5, 5.41) is 15.2. The van der Waals surface area contributed by atoms with Crippen molar-refractivity contribution in [2.24, 2.45) is 11.1 Å². The van der Waals surface area contributed by atoms with E-state index in [-0.39, 0.29) is 19.1 Å². The molecule has 2 heterocycles. The lowest BCUT2D eigenvalue weighted by atomic mass is 10.0. The second kappa shape index (κ2) is 9.27. The maximum atomic E-state index is 10.9. The highest BCUT2D eigenvalue weighted by Crippen LogP contribution is 2.21. The highest BCUT2D eigenvalue weighted by Gasteiger charge is 2.22. The number of aliphatic hydroxyl groups excluding tert-OH is 1. The summed E-state index contributed by atoms with van der Waals surface area (Å²) in [5.74, 6) is -0.232. The standard InChI is InChI=1S/C18H23N5O5S/c1-2-14(9-28-29(19,25)26)15(24)10-27-18-16-17(20-11-21-18)23(12-22-16)8-13-6-4-3-5-7-13/h3-7,11-12,14-15,24H,2,8-10H2,1H3,(H2,19,25,26)/t14-,15-/m0/s1. The van der Waals surface area contributed by atoms with E-state index in [0.717, 1.165) is 5.56 Å². The number of imidazole rings is 1. The maximum absolute atomic E-state index is 10.9. The number of nitrogens with zero attached hydrogens (tertiary/aromatic N) is 4. The third-order valence-electron chi connectivity index (χ3n) is 4.47. The smallest absolute Gasteiger partial charge is 0.333 e. The first-order valence-corrected chi connectivity index (χ1v) is 10.5. The van der Waals surface area contributed by atoms with Crippen molar-refractivity contribution in [1.82, 2.24) is 19.5 Å². The van der Waals surface area contributed by atoms with Crippen LogP contribution < -0.4 is 9.88 Å². The summed E-state index contributed by atoms with van der Waals surface area (Å²) >= 11 is 0. The number of benzene rings is 1. The predicted molar refractivity (Wildman–Crippen MR) is 105 cm³/mol. The van der Waals surface area contributed by atoms with Gasteiger partial charge in [-0.2, -0.15) is 13.4 Å². The van der Waals surface area contributed by atoms with Crippen LogP contribution in [0.1, 0.15) is 18.9 Å². The quantitative estimate of drug-likeness (QED) is 0.491. The van der Waals surface area contributed by atoms with Gasteiger partial charge in [-0.15, -0.1) is 0 Å². The average Bonchev–Trinajstić information content (AvgIpc) is 3.10. The molecular formula is C18H23N5O5S. The van der Waals surface area contributed by atoms with Crippen LogP contribution in [0.25, 0.3) is 11.2 Å². The molecule has 2 atom stereocenters. The maximum Gasteiger partial charge on any atom is 0.333 e. The Morgan fingerprint density at radius 1 is 1.17 bits per heavy atom. The Hall–Kier alpha value is -2.60. The van der Waals surface area contributed by atoms with Gasteiger partial charge in [-0.05, 0) is 12.0 Å². The normalized spacial score (nSPS) is 14.0. The van der Waals surface area contributed by atoms with E-state index in [1.165, 1.54) is 6.33 Å². The van der Waals surface area contributed by atoms with Gasteiger partial charge in [0.1, 0.15) is 12.9 Å². The van der Waals surface area contributed by atoms with Crippen molar-refractivity contribution in [3.8, 4) is 5.88 Å². The van der Waals surface area contributed by atoms with E-state index in [0.29, 0.717) is 24.1 Å². The fraction of sp³-hybridized carbons (Fsp3) is 0.389. The molecule has 0 saturated carbocycles. The molecule has 0 saturated heterocycles. The van der Waals surface area contributed by atoms with E-state index >= 15 is 0 Å². The van der Waals surface area contributed by atoms with Crippen LogP contribution in [-0.4, -0.2) is 52.4 Å². The van der Waals surface area contributed by atoms with Gasteiger partial charge in [0.15, 0.2) is 11.2 Å². The van der Waals surface area contributed by atoms with Gasteiger partial charge in [0, 0.05) is 5.92 Å². The van der Waals surface area contributed by atoms with Crippen molar-refractivity contribution < 1.29 is 22.4 Å². The molecule has 10 nitrogen and oxygen atoms in total. The summed E-state index contributed by atoms with van der Waals surface area (Å²) in [4.78, 5) is 12.7. The Kier molecular flexibility index (Phi) is 6.75. The largest absolute Gasteiger partial charge is 0.473 e. The lowest BCUT2D eigenvalue weighted by molar-refractivity contribution is 0.0344. The van der Waals surface area contributed by atoms with Gasteiger partial charge in [-0.3, -0.25) is 4.18 Å². The molecule has 3 rings (SSSR count). The minimum absolute atomic E-state index is 0.107. The number of hydrogen-bond donors (Lipinski definition) is 2. The third-order valence-corrected chi connectivity index (χ3v) is 4.93. The van der Waals surface area contributed by atoms with Crippen molar-refractivity contribution in [3.63, 3.8) is 0 Å². The van der Waals surface area contributed by atoms with Crippen LogP contribution in [0, 0.1) is 5.92 Å². The highest BCUT2D eigenvalue weighted by atomic mass is 32.2. The molecule has 29 heavy (non-hydrogen) atoms. The van der Waals surface area contributed by atoms with Crippen molar-refractivity contribution in [1.29, 1.82) is 0 Å². The van der Waals surface area contributed by atoms with Crippen molar-refractivity contribution in [2.75, 3.05) is 13.2 Å². The molecule has 0 bridgehead atoms. The van der Waals surface area contributed by atoms with E-state index in [1.807, 2.05) is 34.9 Å². The molecule has 3 aromatic rings. The van der Waals surface area contributed by atoms with Gasteiger partial charge < -0.3 is 14.4 Å². The topological polar surface area (TPSA) is 142 Å². The monoisotopic (exact) mass is 421 g/mol. The summed E-state index contributed by atoms with van der Waals surface area (Å²) in [6.45, 7) is 2.06. The Balaban J connectivity index is 1.69. The lowest BCUT2D eigenvalue weighted by Gasteiger charge is -2.20. The molecule has 0 amide bonds. The first kappa shape index (κ1) is 21.1. The van der Waals surface area contributed by atoms with Crippen LogP contribution in [0.2, 0.25) is 0 Å². The van der Waals surface area contributed by atoms with E-state index < -0.39 is 22.3 Å². The summed E-state index contributed by atoms with van der Waals surface area (Å²) in [6.07, 6.45) is 2.53. The highest BCUT2D eigenvalue weighted by molar-refractivity contribution is 7.84. The number of fused-ring (bicyclic) bond motifs is 1. The zero-order valence-corrected chi connectivity index (χ0v) is 16.7. The fourth-order valence-electron chi connectivity index (χ4n) is 2.84. The van der Waals surface area contributed by atoms with E-state index in [9.17, 15) is 13.5 Å². The molecule has 0 radical (unpaired) electrons. The Labute approximate surface area is 168 Å². The SMILES string of the molecule is CC[C@@H](COS(N)(=O)=O)[C@@H](O)COc1ncnc2c1ncn2Cc1ccccc1. The Morgan fingerprint density at radius 3 is 2.62 bits per heavy atom. The van der Waals surface area contributed by atoms with Crippen LogP contribution in [0.4, 0.5) is 0 Å². The minimum atomic E-state index is -4.07. The van der Waals surface area contributed by atoms with E-state index in [4.69, 9.17) is 9.88 Å². The second-order valence-corrected chi connectivity index (χ2v) is 7.75. The van der Waals surface area contributed by atoms with Crippen LogP contribution in [0.3, 0.4) is 0 Å². The number of aromatic nitrogens is 4. The second-order valence-electron chi connectivity index (χ2n) is 6.53. The molecule has 1 aromatic carbocycles. The number of ether oxygens (including phenoxy) is 1. The molecular weight excluding hydrogens is 398 g/mol. The molecule has 11 heteroatoms. The molecule has 0 aliphatic heterocycles. The molecule has 0 aliphatic rings. The Bertz CT molecular complexity index is 1040. The van der Waals surface area contributed by atoms with Gasteiger partial charge in [-0.1, -0.05) is 37.3 Å². The van der Waals surface area contributed by atoms with Gasteiger partial charge in [0.2, 0.25) is 5.88 Å². The van der Waals surface area contributed by atoms with Crippen LogP contribution in [-0.2, 0) is 21.0 Å². The molecule has 0 spiro atoms. The molecule has 0 fully saturated rings. The minimum Gasteiger partial charge on any atom is -0.473 e. The predicted octanol–water partition coefficient (Wildman–Crippen LogP) is 0.861. The van der Waals surface area contributed by atoms with Gasteiger partial charge in [-0.25, -0.2) is 15.1 Å². The first-order valence-electron chi connectivity index (χ1n) is 9.05. The summed E-state index contributed by atoms with van der Waals surface area (Å²) in [6, 6.07) is 9.89. The fourth-order valence-corrected chi connectivity index (χ4v) is 3.21. The van der Waals surface area contributed by atoms with E-state index in [1.54, 1.807) is 13.3 Å². The zero-order chi connectivity index (χ0) is 20.9. The summed E-state index contributed by atoms with van der Waals surface area (Å²) < 4.78 is 34.0. The lowest BCUT2D eigenvalue weighted by Crippen LogP contribution is -2.32. The van der Waals surface area contributed by atoms with Gasteiger partial charge in [0.05, 0.1) is 25.6 Å². The summed E-state index contributed by atoms with van der Waals surface area (Å²) in [5.41, 5.74) is 2.19. The number of hydrogen-bond acceptors (Lipinski definition) is 8. The number of aliphatic hydroxyl groups is 1. The van der Waals surface area contributed by atoms with Crippen LogP contribution in [0.15, 0.2) is 43.0 Å². The first-order chi connectivity index (χ1) is 13.9. The van der Waals surface area contributed by atoms with Crippen molar-refractivity contribution >= 4 is 21.5 Å². The van der Waals surface area contributed by atoms with Crippen LogP contribution >= 0.6 is 0 Å². The molecule has 0 unspecified atom stereocenters. The van der Waals surface area contributed by atoms with Crippen molar-refractivity contribution in [3.05, 3.63) is 48.5 Å². The molecule has 3 N–H and O–H groups in total. The number of nitrogens with two attached hydrogens (primary N) is 1.